The van der Waals surface area contributed by atoms with Crippen LogP contribution in [-0.4, -0.2) is 18.5 Å². The summed E-state index contributed by atoms with van der Waals surface area (Å²) in [5, 5.41) is 3.50. The summed E-state index contributed by atoms with van der Waals surface area (Å²) in [5.41, 5.74) is 3.82. The third-order valence-corrected chi connectivity index (χ3v) is 5.84. The standard InChI is InChI=1S/C22H25NO3S/c1-4-26-22(25)20-17-11-10-16(15-8-6-5-7-9-15)13-18(17)27-21(20)23-19(24)12-14(2)3/h5-9,12,16H,4,10-11,13H2,1-3H3,(H,23,24)/t16-/m1/s1. The van der Waals surface area contributed by atoms with Crippen molar-refractivity contribution >= 4 is 28.2 Å². The lowest BCUT2D eigenvalue weighted by Crippen LogP contribution is -2.16. The molecule has 1 N–H and O–H groups in total. The Labute approximate surface area is 164 Å². The van der Waals surface area contributed by atoms with Gasteiger partial charge in [0.05, 0.1) is 12.2 Å². The van der Waals surface area contributed by atoms with E-state index in [9.17, 15) is 9.59 Å². The van der Waals surface area contributed by atoms with Crippen molar-refractivity contribution < 1.29 is 14.3 Å². The fourth-order valence-corrected chi connectivity index (χ4v) is 4.83. The first-order valence-electron chi connectivity index (χ1n) is 9.32. The average molecular weight is 384 g/mol. The topological polar surface area (TPSA) is 55.4 Å². The van der Waals surface area contributed by atoms with Gasteiger partial charge in [0.15, 0.2) is 0 Å². The fourth-order valence-electron chi connectivity index (χ4n) is 3.51. The Morgan fingerprint density at radius 2 is 2.00 bits per heavy atom. The molecule has 0 saturated heterocycles. The monoisotopic (exact) mass is 383 g/mol. The van der Waals surface area contributed by atoms with Gasteiger partial charge in [-0.25, -0.2) is 4.79 Å². The minimum absolute atomic E-state index is 0.209. The lowest BCUT2D eigenvalue weighted by molar-refractivity contribution is -0.111. The first-order valence-corrected chi connectivity index (χ1v) is 10.1. The Kier molecular flexibility index (Phi) is 6.11. The van der Waals surface area contributed by atoms with Crippen LogP contribution in [0.2, 0.25) is 0 Å². The zero-order valence-electron chi connectivity index (χ0n) is 16.0. The Balaban J connectivity index is 1.93. The Hall–Kier alpha value is -2.40. The van der Waals surface area contributed by atoms with Crippen molar-refractivity contribution in [2.24, 2.45) is 0 Å². The quantitative estimate of drug-likeness (QED) is 0.577. The number of rotatable bonds is 5. The molecule has 1 aliphatic carbocycles. The molecule has 1 aliphatic rings. The van der Waals surface area contributed by atoms with Gasteiger partial charge in [-0.1, -0.05) is 35.9 Å². The van der Waals surface area contributed by atoms with Crippen molar-refractivity contribution in [3.8, 4) is 0 Å². The van der Waals surface area contributed by atoms with Gasteiger partial charge in [-0.3, -0.25) is 4.79 Å². The van der Waals surface area contributed by atoms with Crippen molar-refractivity contribution in [1.82, 2.24) is 0 Å². The summed E-state index contributed by atoms with van der Waals surface area (Å²) >= 11 is 1.51. The van der Waals surface area contributed by atoms with Crippen LogP contribution in [0.5, 0.6) is 0 Å². The number of hydrogen-bond acceptors (Lipinski definition) is 4. The van der Waals surface area contributed by atoms with Crippen LogP contribution in [-0.2, 0) is 22.4 Å². The summed E-state index contributed by atoms with van der Waals surface area (Å²) < 4.78 is 5.27. The number of hydrogen-bond donors (Lipinski definition) is 1. The minimum Gasteiger partial charge on any atom is -0.462 e. The van der Waals surface area contributed by atoms with Crippen molar-refractivity contribution in [2.45, 2.75) is 46.0 Å². The van der Waals surface area contributed by atoms with Gasteiger partial charge in [-0.2, -0.15) is 0 Å². The minimum atomic E-state index is -0.347. The van der Waals surface area contributed by atoms with Crippen molar-refractivity contribution in [3.63, 3.8) is 0 Å². The maximum absolute atomic E-state index is 12.6. The lowest BCUT2D eigenvalue weighted by Gasteiger charge is -2.23. The lowest BCUT2D eigenvalue weighted by atomic mass is 9.83. The summed E-state index contributed by atoms with van der Waals surface area (Å²) in [4.78, 5) is 26.0. The number of amides is 1. The van der Waals surface area contributed by atoms with Crippen LogP contribution in [0.4, 0.5) is 5.00 Å². The molecular weight excluding hydrogens is 358 g/mol. The molecule has 142 valence electrons. The predicted molar refractivity (Wildman–Crippen MR) is 110 cm³/mol. The van der Waals surface area contributed by atoms with Gasteiger partial charge in [-0.05, 0) is 57.1 Å². The highest BCUT2D eigenvalue weighted by molar-refractivity contribution is 7.17. The number of ether oxygens (including phenoxy) is 1. The highest BCUT2D eigenvalue weighted by Crippen LogP contribution is 2.42. The van der Waals surface area contributed by atoms with E-state index in [1.54, 1.807) is 13.0 Å². The molecule has 0 aliphatic heterocycles. The summed E-state index contributed by atoms with van der Waals surface area (Å²) in [5.74, 6) is -0.117. The highest BCUT2D eigenvalue weighted by atomic mass is 32.1. The van der Waals surface area contributed by atoms with Gasteiger partial charge in [0, 0.05) is 11.0 Å². The molecule has 2 aromatic rings. The summed E-state index contributed by atoms with van der Waals surface area (Å²) in [6.45, 7) is 5.85. The van der Waals surface area contributed by atoms with Crippen molar-refractivity contribution in [1.29, 1.82) is 0 Å². The van der Waals surface area contributed by atoms with Crippen LogP contribution >= 0.6 is 11.3 Å². The van der Waals surface area contributed by atoms with Gasteiger partial charge in [-0.15, -0.1) is 11.3 Å². The van der Waals surface area contributed by atoms with E-state index in [0.29, 0.717) is 23.1 Å². The summed E-state index contributed by atoms with van der Waals surface area (Å²) in [6.07, 6.45) is 4.23. The molecule has 0 bridgehead atoms. The van der Waals surface area contributed by atoms with E-state index < -0.39 is 0 Å². The molecule has 0 saturated carbocycles. The molecule has 0 unspecified atom stereocenters. The van der Waals surface area contributed by atoms with E-state index in [2.05, 4.69) is 29.6 Å². The third kappa shape index (κ3) is 4.48. The van der Waals surface area contributed by atoms with E-state index in [1.165, 1.54) is 21.8 Å². The second-order valence-corrected chi connectivity index (χ2v) is 8.09. The van der Waals surface area contributed by atoms with E-state index in [0.717, 1.165) is 30.4 Å². The van der Waals surface area contributed by atoms with E-state index >= 15 is 0 Å². The Morgan fingerprint density at radius 3 is 2.67 bits per heavy atom. The molecule has 1 aromatic heterocycles. The van der Waals surface area contributed by atoms with Crippen molar-refractivity contribution in [2.75, 3.05) is 11.9 Å². The molecule has 5 heteroatoms. The number of thiophene rings is 1. The summed E-state index contributed by atoms with van der Waals surface area (Å²) in [7, 11) is 0. The predicted octanol–water partition coefficient (Wildman–Crippen LogP) is 5.10. The normalized spacial score (nSPS) is 15.6. The molecular formula is C22H25NO3S. The van der Waals surface area contributed by atoms with Crippen LogP contribution in [0.3, 0.4) is 0 Å². The molecule has 1 aromatic carbocycles. The van der Waals surface area contributed by atoms with Gasteiger partial charge in [0.1, 0.15) is 5.00 Å². The third-order valence-electron chi connectivity index (χ3n) is 4.67. The fraction of sp³-hybridized carbons (Fsp3) is 0.364. The smallest absolute Gasteiger partial charge is 0.341 e. The number of anilines is 1. The van der Waals surface area contributed by atoms with Crippen molar-refractivity contribution in [3.05, 3.63) is 63.5 Å². The largest absolute Gasteiger partial charge is 0.462 e. The summed E-state index contributed by atoms with van der Waals surface area (Å²) in [6, 6.07) is 10.5. The van der Waals surface area contributed by atoms with Gasteiger partial charge in [0.2, 0.25) is 5.91 Å². The second-order valence-electron chi connectivity index (χ2n) is 6.99. The molecule has 1 amide bonds. The molecule has 3 rings (SSSR count). The van der Waals surface area contributed by atoms with Gasteiger partial charge >= 0.3 is 5.97 Å². The number of allylic oxidation sites excluding steroid dienone is 1. The number of carbonyl (C=O) groups excluding carboxylic acids is 2. The number of fused-ring (bicyclic) bond motifs is 1. The first kappa shape index (κ1) is 19.4. The number of carbonyl (C=O) groups is 2. The first-order chi connectivity index (χ1) is 13.0. The highest BCUT2D eigenvalue weighted by Gasteiger charge is 2.30. The molecule has 0 radical (unpaired) electrons. The van der Waals surface area contributed by atoms with Gasteiger partial charge in [0.25, 0.3) is 0 Å². The van der Waals surface area contributed by atoms with Crippen LogP contribution in [0, 0.1) is 0 Å². The molecule has 4 nitrogen and oxygen atoms in total. The Morgan fingerprint density at radius 1 is 1.26 bits per heavy atom. The molecule has 1 heterocycles. The van der Waals surface area contributed by atoms with Crippen LogP contribution in [0.15, 0.2) is 42.0 Å². The second kappa shape index (κ2) is 8.53. The molecule has 0 spiro atoms. The zero-order chi connectivity index (χ0) is 19.4. The SMILES string of the molecule is CCOC(=O)c1c(NC(=O)C=C(C)C)sc2c1CC[C@@H](c1ccccc1)C2. The van der Waals surface area contributed by atoms with Crippen LogP contribution in [0.1, 0.15) is 59.5 Å². The van der Waals surface area contributed by atoms with E-state index in [-0.39, 0.29) is 11.9 Å². The molecule has 1 atom stereocenters. The number of nitrogens with one attached hydrogen (secondary N) is 1. The van der Waals surface area contributed by atoms with E-state index in [4.69, 9.17) is 4.74 Å². The Bertz CT molecular complexity index is 863. The maximum atomic E-state index is 12.6. The van der Waals surface area contributed by atoms with Crippen LogP contribution in [0.25, 0.3) is 0 Å². The average Bonchev–Trinajstić information content (AvgIpc) is 2.98. The number of benzene rings is 1. The molecule has 0 fully saturated rings. The molecule has 27 heavy (non-hydrogen) atoms. The zero-order valence-corrected chi connectivity index (χ0v) is 16.8. The van der Waals surface area contributed by atoms with E-state index in [1.807, 2.05) is 19.9 Å². The van der Waals surface area contributed by atoms with Gasteiger partial charge < -0.3 is 10.1 Å². The van der Waals surface area contributed by atoms with Crippen LogP contribution < -0.4 is 5.32 Å². The maximum Gasteiger partial charge on any atom is 0.341 e. The number of esters is 1.